The molecule has 0 radical (unpaired) electrons. The van der Waals surface area contributed by atoms with Gasteiger partial charge in [0.05, 0.1) is 5.69 Å². The maximum atomic E-state index is 12.5. The summed E-state index contributed by atoms with van der Waals surface area (Å²) in [5, 5.41) is 2.94. The van der Waals surface area contributed by atoms with Crippen molar-refractivity contribution < 1.29 is 14.3 Å². The third kappa shape index (κ3) is 4.71. The monoisotopic (exact) mass is 380 g/mol. The summed E-state index contributed by atoms with van der Waals surface area (Å²) in [5.41, 5.74) is 3.76. The topological polar surface area (TPSA) is 58.6 Å². The number of hydrogen-bond acceptors (Lipinski definition) is 3. The standard InChI is InChI=1S/C23H28N2O3/c1-4-5-14-25-20-15-19(11-12-21(20)28-17(3)23(25)27)24-22(26)13-10-18-8-6-16(2)7-9-18/h6-9,11-12,15,17H,4-5,10,13-14H2,1-3H3,(H,24,26). The highest BCUT2D eigenvalue weighted by atomic mass is 16.5. The van der Waals surface area contributed by atoms with Crippen LogP contribution in [0.3, 0.4) is 0 Å². The molecule has 2 aromatic rings. The molecule has 1 atom stereocenters. The van der Waals surface area contributed by atoms with E-state index in [4.69, 9.17) is 4.74 Å². The molecule has 1 aliphatic heterocycles. The van der Waals surface area contributed by atoms with Gasteiger partial charge in [0.15, 0.2) is 6.10 Å². The van der Waals surface area contributed by atoms with Gasteiger partial charge in [-0.1, -0.05) is 43.2 Å². The maximum absolute atomic E-state index is 12.5. The van der Waals surface area contributed by atoms with Crippen LogP contribution in [0.15, 0.2) is 42.5 Å². The number of anilines is 2. The quantitative estimate of drug-likeness (QED) is 0.770. The van der Waals surface area contributed by atoms with Crippen LogP contribution in [0.2, 0.25) is 0 Å². The molecule has 2 amide bonds. The third-order valence-corrected chi connectivity index (χ3v) is 4.95. The van der Waals surface area contributed by atoms with E-state index in [9.17, 15) is 9.59 Å². The summed E-state index contributed by atoms with van der Waals surface area (Å²) in [4.78, 5) is 26.7. The highest BCUT2D eigenvalue weighted by molar-refractivity contribution is 6.01. The van der Waals surface area contributed by atoms with Gasteiger partial charge in [0.1, 0.15) is 5.75 Å². The fourth-order valence-corrected chi connectivity index (χ4v) is 3.27. The molecule has 1 heterocycles. The number of unbranched alkanes of at least 4 members (excludes halogenated alkanes) is 1. The number of nitrogens with one attached hydrogen (secondary N) is 1. The van der Waals surface area contributed by atoms with Crippen molar-refractivity contribution in [3.05, 3.63) is 53.6 Å². The van der Waals surface area contributed by atoms with Gasteiger partial charge in [0, 0.05) is 18.7 Å². The fourth-order valence-electron chi connectivity index (χ4n) is 3.27. The maximum Gasteiger partial charge on any atom is 0.267 e. The van der Waals surface area contributed by atoms with Crippen molar-refractivity contribution in [2.24, 2.45) is 0 Å². The van der Waals surface area contributed by atoms with Gasteiger partial charge >= 0.3 is 0 Å². The van der Waals surface area contributed by atoms with Gasteiger partial charge in [-0.05, 0) is 50.5 Å². The van der Waals surface area contributed by atoms with Crippen molar-refractivity contribution in [1.29, 1.82) is 0 Å². The molecule has 0 fully saturated rings. The summed E-state index contributed by atoms with van der Waals surface area (Å²) in [6.45, 7) is 6.57. The molecule has 28 heavy (non-hydrogen) atoms. The van der Waals surface area contributed by atoms with E-state index in [1.807, 2.05) is 25.1 Å². The Morgan fingerprint density at radius 2 is 1.93 bits per heavy atom. The molecule has 0 spiro atoms. The molecule has 1 unspecified atom stereocenters. The lowest BCUT2D eigenvalue weighted by Crippen LogP contribution is -2.44. The summed E-state index contributed by atoms with van der Waals surface area (Å²) >= 11 is 0. The predicted octanol–water partition coefficient (Wildman–Crippen LogP) is 4.48. The molecule has 2 aromatic carbocycles. The predicted molar refractivity (Wildman–Crippen MR) is 112 cm³/mol. The normalized spacial score (nSPS) is 15.8. The van der Waals surface area contributed by atoms with Gasteiger partial charge in [-0.25, -0.2) is 0 Å². The second kappa shape index (κ2) is 8.91. The molecule has 0 aromatic heterocycles. The lowest BCUT2D eigenvalue weighted by atomic mass is 10.1. The Bertz CT molecular complexity index is 845. The van der Waals surface area contributed by atoms with E-state index in [-0.39, 0.29) is 11.8 Å². The number of carbonyl (C=O) groups excluding carboxylic acids is 2. The third-order valence-electron chi connectivity index (χ3n) is 4.95. The van der Waals surface area contributed by atoms with E-state index in [2.05, 4.69) is 36.5 Å². The minimum absolute atomic E-state index is 0.0382. The van der Waals surface area contributed by atoms with Crippen molar-refractivity contribution in [1.82, 2.24) is 0 Å². The van der Waals surface area contributed by atoms with Crippen molar-refractivity contribution in [3.63, 3.8) is 0 Å². The van der Waals surface area contributed by atoms with Crippen LogP contribution in [0.1, 0.15) is 44.2 Å². The first kappa shape index (κ1) is 19.9. The molecular weight excluding hydrogens is 352 g/mol. The smallest absolute Gasteiger partial charge is 0.267 e. The zero-order valence-electron chi connectivity index (χ0n) is 16.8. The Kier molecular flexibility index (Phi) is 6.34. The zero-order chi connectivity index (χ0) is 20.1. The summed E-state index contributed by atoms with van der Waals surface area (Å²) < 4.78 is 5.73. The minimum Gasteiger partial charge on any atom is -0.479 e. The van der Waals surface area contributed by atoms with Crippen molar-refractivity contribution >= 4 is 23.2 Å². The lowest BCUT2D eigenvalue weighted by Gasteiger charge is -2.33. The molecule has 1 aliphatic rings. The lowest BCUT2D eigenvalue weighted by molar-refractivity contribution is -0.125. The van der Waals surface area contributed by atoms with E-state index in [1.165, 1.54) is 5.56 Å². The van der Waals surface area contributed by atoms with E-state index in [0.29, 0.717) is 30.8 Å². The number of hydrogen-bond donors (Lipinski definition) is 1. The molecule has 0 aliphatic carbocycles. The highest BCUT2D eigenvalue weighted by Gasteiger charge is 2.31. The Morgan fingerprint density at radius 1 is 1.18 bits per heavy atom. The zero-order valence-corrected chi connectivity index (χ0v) is 16.8. The summed E-state index contributed by atoms with van der Waals surface area (Å²) in [7, 11) is 0. The van der Waals surface area contributed by atoms with E-state index < -0.39 is 6.10 Å². The van der Waals surface area contributed by atoms with Crippen LogP contribution in [-0.4, -0.2) is 24.5 Å². The molecule has 0 saturated heterocycles. The van der Waals surface area contributed by atoms with Crippen LogP contribution in [-0.2, 0) is 16.0 Å². The van der Waals surface area contributed by atoms with Gasteiger partial charge in [-0.15, -0.1) is 0 Å². The second-order valence-corrected chi connectivity index (χ2v) is 7.32. The first-order valence-corrected chi connectivity index (χ1v) is 9.95. The molecule has 0 bridgehead atoms. The number of aryl methyl sites for hydroxylation is 2. The number of benzene rings is 2. The number of amides is 2. The van der Waals surface area contributed by atoms with Crippen LogP contribution in [0, 0.1) is 6.92 Å². The Morgan fingerprint density at radius 3 is 2.64 bits per heavy atom. The van der Waals surface area contributed by atoms with Crippen LogP contribution in [0.5, 0.6) is 5.75 Å². The van der Waals surface area contributed by atoms with Crippen molar-refractivity contribution in [2.45, 2.75) is 52.6 Å². The Balaban J connectivity index is 1.68. The van der Waals surface area contributed by atoms with Crippen LogP contribution < -0.4 is 15.0 Å². The number of nitrogens with zero attached hydrogens (tertiary/aromatic N) is 1. The van der Waals surface area contributed by atoms with Crippen LogP contribution in [0.4, 0.5) is 11.4 Å². The molecule has 5 heteroatoms. The Labute approximate surface area is 166 Å². The first-order chi connectivity index (χ1) is 13.5. The second-order valence-electron chi connectivity index (χ2n) is 7.32. The number of carbonyl (C=O) groups is 2. The molecule has 1 N–H and O–H groups in total. The molecule has 0 saturated carbocycles. The molecule has 3 rings (SSSR count). The fraction of sp³-hybridized carbons (Fsp3) is 0.391. The van der Waals surface area contributed by atoms with Gasteiger partial charge in [0.2, 0.25) is 5.91 Å². The number of rotatable bonds is 7. The summed E-state index contributed by atoms with van der Waals surface area (Å²) in [6, 6.07) is 13.7. The summed E-state index contributed by atoms with van der Waals surface area (Å²) in [6.07, 6.45) is 2.54. The molecule has 148 valence electrons. The van der Waals surface area contributed by atoms with Crippen molar-refractivity contribution in [3.8, 4) is 5.75 Å². The van der Waals surface area contributed by atoms with Gasteiger partial charge < -0.3 is 15.0 Å². The van der Waals surface area contributed by atoms with Gasteiger partial charge in [-0.3, -0.25) is 9.59 Å². The van der Waals surface area contributed by atoms with E-state index >= 15 is 0 Å². The average molecular weight is 380 g/mol. The average Bonchev–Trinajstić information content (AvgIpc) is 2.68. The molecular formula is C23H28N2O3. The SMILES string of the molecule is CCCCN1C(=O)C(C)Oc2ccc(NC(=O)CCc3ccc(C)cc3)cc21. The van der Waals surface area contributed by atoms with Gasteiger partial charge in [0.25, 0.3) is 5.91 Å². The first-order valence-electron chi connectivity index (χ1n) is 9.95. The highest BCUT2D eigenvalue weighted by Crippen LogP contribution is 2.36. The number of fused-ring (bicyclic) bond motifs is 1. The largest absolute Gasteiger partial charge is 0.479 e. The van der Waals surface area contributed by atoms with E-state index in [1.54, 1.807) is 11.8 Å². The van der Waals surface area contributed by atoms with Crippen LogP contribution in [0.25, 0.3) is 0 Å². The summed E-state index contributed by atoms with van der Waals surface area (Å²) in [5.74, 6) is 0.599. The Hall–Kier alpha value is -2.82. The number of ether oxygens (including phenoxy) is 1. The van der Waals surface area contributed by atoms with Crippen molar-refractivity contribution in [2.75, 3.05) is 16.8 Å². The minimum atomic E-state index is -0.487. The van der Waals surface area contributed by atoms with Crippen LogP contribution >= 0.6 is 0 Å². The molecule has 5 nitrogen and oxygen atoms in total. The van der Waals surface area contributed by atoms with E-state index in [0.717, 1.165) is 24.1 Å². The van der Waals surface area contributed by atoms with Gasteiger partial charge in [-0.2, -0.15) is 0 Å².